The van der Waals surface area contributed by atoms with Crippen LogP contribution in [0.1, 0.15) is 12.6 Å². The van der Waals surface area contributed by atoms with Crippen LogP contribution in [0.4, 0.5) is 5.13 Å². The van der Waals surface area contributed by atoms with Crippen LogP contribution in [-0.4, -0.2) is 52.0 Å². The van der Waals surface area contributed by atoms with Gasteiger partial charge in [0.1, 0.15) is 18.8 Å². The van der Waals surface area contributed by atoms with Gasteiger partial charge in [0.15, 0.2) is 10.8 Å². The lowest BCUT2D eigenvalue weighted by Gasteiger charge is -2.40. The standard InChI is InChI=1S/C10H13N5O4S/c1-4-6(9(17)15(4)18)13-8(16)7(14-19-2)5-3-20-10(11)12-5/h3-4,6,18H,1-2H3,(H2,11,12)(H,13,16)/b14-7-/t4-,6-/m0/s1. The summed E-state index contributed by atoms with van der Waals surface area (Å²) in [7, 11) is 1.29. The molecule has 2 atom stereocenters. The summed E-state index contributed by atoms with van der Waals surface area (Å²) in [5.41, 5.74) is 5.67. The summed E-state index contributed by atoms with van der Waals surface area (Å²) < 4.78 is 0. The maximum atomic E-state index is 12.1. The average molecular weight is 299 g/mol. The number of nitrogens with one attached hydrogen (secondary N) is 1. The number of thiazole rings is 1. The van der Waals surface area contributed by atoms with Gasteiger partial charge >= 0.3 is 0 Å². The molecule has 2 rings (SSSR count). The molecular formula is C10H13N5O4S. The molecule has 0 aromatic carbocycles. The largest absolute Gasteiger partial charge is 0.398 e. The molecule has 20 heavy (non-hydrogen) atoms. The van der Waals surface area contributed by atoms with E-state index in [4.69, 9.17) is 5.73 Å². The monoisotopic (exact) mass is 299 g/mol. The summed E-state index contributed by atoms with van der Waals surface area (Å²) in [6.45, 7) is 1.60. The summed E-state index contributed by atoms with van der Waals surface area (Å²) >= 11 is 1.15. The minimum atomic E-state index is -0.800. The molecule has 0 unspecified atom stereocenters. The Balaban J connectivity index is 2.13. The van der Waals surface area contributed by atoms with E-state index in [-0.39, 0.29) is 16.5 Å². The fourth-order valence-corrected chi connectivity index (χ4v) is 2.24. The first-order valence-corrected chi connectivity index (χ1v) is 6.49. The highest BCUT2D eigenvalue weighted by molar-refractivity contribution is 7.13. The number of amides is 2. The van der Waals surface area contributed by atoms with E-state index in [1.165, 1.54) is 7.11 Å². The van der Waals surface area contributed by atoms with Crippen molar-refractivity contribution < 1.29 is 19.6 Å². The number of nitrogen functional groups attached to an aromatic ring is 1. The average Bonchev–Trinajstić information content (AvgIpc) is 2.86. The van der Waals surface area contributed by atoms with E-state index >= 15 is 0 Å². The number of rotatable bonds is 4. The summed E-state index contributed by atoms with van der Waals surface area (Å²) in [6, 6.07) is -1.30. The Hall–Kier alpha value is -2.20. The number of carbonyl (C=O) groups is 2. The number of hydrogen-bond acceptors (Lipinski definition) is 8. The number of nitrogens with zero attached hydrogens (tertiary/aromatic N) is 3. The third kappa shape index (κ3) is 2.42. The second-order valence-corrected chi connectivity index (χ2v) is 4.96. The molecule has 1 aliphatic rings. The van der Waals surface area contributed by atoms with Crippen LogP contribution in [0.2, 0.25) is 0 Å². The van der Waals surface area contributed by atoms with Gasteiger partial charge in [-0.05, 0) is 6.92 Å². The Labute approximate surface area is 118 Å². The van der Waals surface area contributed by atoms with Gasteiger partial charge in [0.05, 0.1) is 6.04 Å². The zero-order chi connectivity index (χ0) is 14.9. The number of hydroxylamine groups is 2. The summed E-state index contributed by atoms with van der Waals surface area (Å²) in [5.74, 6) is -1.21. The predicted octanol–water partition coefficient (Wildman–Crippen LogP) is -0.819. The normalized spacial score (nSPS) is 22.4. The molecule has 1 aromatic heterocycles. The van der Waals surface area contributed by atoms with Crippen molar-refractivity contribution in [2.75, 3.05) is 12.8 Å². The number of nitrogens with two attached hydrogens (primary N) is 1. The Bertz CT molecular complexity index is 572. The molecule has 0 spiro atoms. The van der Waals surface area contributed by atoms with Crippen molar-refractivity contribution in [3.8, 4) is 0 Å². The Morgan fingerprint density at radius 2 is 2.40 bits per heavy atom. The summed E-state index contributed by atoms with van der Waals surface area (Å²) in [6.07, 6.45) is 0. The molecule has 1 aromatic rings. The highest BCUT2D eigenvalue weighted by Crippen LogP contribution is 2.17. The molecule has 2 heterocycles. The molecule has 1 fully saturated rings. The quantitative estimate of drug-likeness (QED) is 0.288. The lowest BCUT2D eigenvalue weighted by Crippen LogP contribution is -2.68. The SMILES string of the molecule is CO/N=C(\C(=O)N[C@@H]1C(=O)N(O)[C@H]1C)c1csc(N)n1. The number of β-lactam (4-membered cyclic amide) rings is 1. The molecule has 9 nitrogen and oxygen atoms in total. The van der Waals surface area contributed by atoms with E-state index in [9.17, 15) is 14.8 Å². The predicted molar refractivity (Wildman–Crippen MR) is 70.1 cm³/mol. The van der Waals surface area contributed by atoms with Gasteiger partial charge in [-0.25, -0.2) is 10.0 Å². The van der Waals surface area contributed by atoms with Gasteiger partial charge in [-0.2, -0.15) is 0 Å². The smallest absolute Gasteiger partial charge is 0.276 e. The maximum Gasteiger partial charge on any atom is 0.276 e. The second kappa shape index (κ2) is 5.43. The second-order valence-electron chi connectivity index (χ2n) is 4.07. The van der Waals surface area contributed by atoms with Crippen LogP contribution in [0.3, 0.4) is 0 Å². The Kier molecular flexibility index (Phi) is 3.86. The minimum absolute atomic E-state index is 0.0863. The molecule has 108 valence electrons. The first-order chi connectivity index (χ1) is 9.45. The first-order valence-electron chi connectivity index (χ1n) is 5.61. The molecule has 1 saturated heterocycles. The van der Waals surface area contributed by atoms with Gasteiger partial charge in [0.2, 0.25) is 0 Å². The number of hydrogen-bond donors (Lipinski definition) is 3. The summed E-state index contributed by atoms with van der Waals surface area (Å²) in [5, 5.41) is 17.6. The van der Waals surface area contributed by atoms with Gasteiger partial charge < -0.3 is 15.9 Å². The van der Waals surface area contributed by atoms with Gasteiger partial charge in [-0.1, -0.05) is 5.16 Å². The lowest BCUT2D eigenvalue weighted by molar-refractivity contribution is -0.207. The minimum Gasteiger partial charge on any atom is -0.398 e. The van der Waals surface area contributed by atoms with E-state index in [0.717, 1.165) is 11.3 Å². The third-order valence-corrected chi connectivity index (χ3v) is 3.48. The van der Waals surface area contributed by atoms with E-state index in [0.29, 0.717) is 5.06 Å². The van der Waals surface area contributed by atoms with Gasteiger partial charge in [0.25, 0.3) is 11.8 Å². The molecule has 0 radical (unpaired) electrons. The molecule has 0 saturated carbocycles. The van der Waals surface area contributed by atoms with Crippen LogP contribution >= 0.6 is 11.3 Å². The van der Waals surface area contributed by atoms with Crippen LogP contribution in [0, 0.1) is 0 Å². The van der Waals surface area contributed by atoms with Crippen molar-refractivity contribution >= 4 is 34.0 Å². The Morgan fingerprint density at radius 3 is 2.90 bits per heavy atom. The molecule has 10 heteroatoms. The van der Waals surface area contributed by atoms with Crippen molar-refractivity contribution in [3.63, 3.8) is 0 Å². The molecule has 0 aliphatic carbocycles. The maximum absolute atomic E-state index is 12.1. The van der Waals surface area contributed by atoms with Crippen molar-refractivity contribution in [3.05, 3.63) is 11.1 Å². The van der Waals surface area contributed by atoms with Crippen LogP contribution in [0.25, 0.3) is 0 Å². The van der Waals surface area contributed by atoms with Crippen molar-refractivity contribution in [2.24, 2.45) is 5.16 Å². The summed E-state index contributed by atoms with van der Waals surface area (Å²) in [4.78, 5) is 32.0. The molecule has 0 bridgehead atoms. The number of anilines is 1. The lowest BCUT2D eigenvalue weighted by atomic mass is 10.00. The van der Waals surface area contributed by atoms with Crippen LogP contribution in [0.5, 0.6) is 0 Å². The first kappa shape index (κ1) is 14.2. The highest BCUT2D eigenvalue weighted by atomic mass is 32.1. The van der Waals surface area contributed by atoms with E-state index < -0.39 is 23.9 Å². The van der Waals surface area contributed by atoms with Crippen LogP contribution < -0.4 is 11.1 Å². The fraction of sp³-hybridized carbons (Fsp3) is 0.400. The van der Waals surface area contributed by atoms with Crippen LogP contribution in [-0.2, 0) is 14.4 Å². The van der Waals surface area contributed by atoms with Crippen LogP contribution in [0.15, 0.2) is 10.5 Å². The molecule has 4 N–H and O–H groups in total. The van der Waals surface area contributed by atoms with Gasteiger partial charge in [-0.15, -0.1) is 11.3 Å². The van der Waals surface area contributed by atoms with E-state index in [2.05, 4.69) is 20.3 Å². The molecular weight excluding hydrogens is 286 g/mol. The number of carbonyl (C=O) groups excluding carboxylic acids is 2. The van der Waals surface area contributed by atoms with Gasteiger partial charge in [-0.3, -0.25) is 14.8 Å². The molecule has 1 aliphatic heterocycles. The molecule has 2 amide bonds. The topological polar surface area (TPSA) is 130 Å². The van der Waals surface area contributed by atoms with Crippen molar-refractivity contribution in [2.45, 2.75) is 19.0 Å². The number of oxime groups is 1. The van der Waals surface area contributed by atoms with Gasteiger partial charge in [0, 0.05) is 5.38 Å². The highest BCUT2D eigenvalue weighted by Gasteiger charge is 2.45. The third-order valence-electron chi connectivity index (χ3n) is 2.81. The van der Waals surface area contributed by atoms with Crippen molar-refractivity contribution in [1.29, 1.82) is 0 Å². The van der Waals surface area contributed by atoms with Crippen molar-refractivity contribution in [1.82, 2.24) is 15.4 Å². The fourth-order valence-electron chi connectivity index (χ4n) is 1.69. The van der Waals surface area contributed by atoms with E-state index in [1.54, 1.807) is 12.3 Å². The zero-order valence-corrected chi connectivity index (χ0v) is 11.5. The Morgan fingerprint density at radius 1 is 1.70 bits per heavy atom. The van der Waals surface area contributed by atoms with E-state index in [1.807, 2.05) is 0 Å². The number of aromatic nitrogens is 1. The zero-order valence-electron chi connectivity index (χ0n) is 10.7.